The first-order valence-electron chi connectivity index (χ1n) is 10.9. The van der Waals surface area contributed by atoms with Gasteiger partial charge in [0.2, 0.25) is 11.7 Å². The number of anilines is 2. The maximum atomic E-state index is 13.7. The number of nitrogens with zero attached hydrogens (tertiary/aromatic N) is 1. The molecular weight excluding hydrogens is 464 g/mol. The molecule has 0 saturated carbocycles. The van der Waals surface area contributed by atoms with E-state index in [1.54, 1.807) is 38.4 Å². The highest BCUT2D eigenvalue weighted by Crippen LogP contribution is 2.51. The number of amides is 2. The third-order valence-corrected chi connectivity index (χ3v) is 6.69. The summed E-state index contributed by atoms with van der Waals surface area (Å²) in [6.45, 7) is 1.45. The summed E-state index contributed by atoms with van der Waals surface area (Å²) >= 11 is 1.45. The number of nitrogens with one attached hydrogen (secondary N) is 1. The number of ether oxygens (including phenoxy) is 3. The van der Waals surface area contributed by atoms with Gasteiger partial charge in [-0.05, 0) is 53.6 Å². The summed E-state index contributed by atoms with van der Waals surface area (Å²) in [7, 11) is 4.68. The molecule has 1 fully saturated rings. The number of rotatable bonds is 7. The minimum Gasteiger partial charge on any atom is -0.493 e. The molecule has 0 spiro atoms. The first-order chi connectivity index (χ1) is 16.9. The van der Waals surface area contributed by atoms with Crippen LogP contribution < -0.4 is 24.4 Å². The van der Waals surface area contributed by atoms with E-state index in [0.29, 0.717) is 33.5 Å². The van der Waals surface area contributed by atoms with E-state index in [0.717, 1.165) is 11.1 Å². The van der Waals surface area contributed by atoms with E-state index in [2.05, 4.69) is 5.32 Å². The second kappa shape index (κ2) is 10.6. The van der Waals surface area contributed by atoms with Crippen molar-refractivity contribution in [2.24, 2.45) is 0 Å². The quantitative estimate of drug-likeness (QED) is 0.441. The summed E-state index contributed by atoms with van der Waals surface area (Å²) in [5, 5.41) is 2.38. The number of methoxy groups -OCH3 is 3. The predicted octanol–water partition coefficient (Wildman–Crippen LogP) is 5.49. The minimum absolute atomic E-state index is 0.120. The van der Waals surface area contributed by atoms with Gasteiger partial charge in [0.25, 0.3) is 5.91 Å². The molecule has 2 amide bonds. The summed E-state index contributed by atoms with van der Waals surface area (Å²) in [6, 6.07) is 20.6. The number of hydrogen-bond donors (Lipinski definition) is 1. The predicted molar refractivity (Wildman–Crippen MR) is 139 cm³/mol. The highest BCUT2D eigenvalue weighted by molar-refractivity contribution is 8.05. The molecule has 35 heavy (non-hydrogen) atoms. The molecule has 1 atom stereocenters. The van der Waals surface area contributed by atoms with Crippen LogP contribution in [0.4, 0.5) is 11.4 Å². The number of carbonyl (C=O) groups excluding carboxylic acids is 2. The van der Waals surface area contributed by atoms with Crippen LogP contribution >= 0.6 is 11.8 Å². The van der Waals surface area contributed by atoms with Gasteiger partial charge < -0.3 is 19.5 Å². The fourth-order valence-electron chi connectivity index (χ4n) is 3.87. The lowest BCUT2D eigenvalue weighted by Gasteiger charge is -2.25. The normalized spacial score (nSPS) is 16.3. The van der Waals surface area contributed by atoms with E-state index in [9.17, 15) is 9.59 Å². The van der Waals surface area contributed by atoms with Gasteiger partial charge in [-0.25, -0.2) is 0 Å². The zero-order chi connectivity index (χ0) is 24.9. The molecule has 3 aromatic carbocycles. The first-order valence-corrected chi connectivity index (χ1v) is 11.8. The van der Waals surface area contributed by atoms with E-state index in [1.165, 1.54) is 18.7 Å². The Morgan fingerprint density at radius 2 is 1.57 bits per heavy atom. The molecule has 1 heterocycles. The monoisotopic (exact) mass is 490 g/mol. The Labute approximate surface area is 208 Å². The van der Waals surface area contributed by atoms with E-state index in [4.69, 9.17) is 14.2 Å². The average molecular weight is 491 g/mol. The van der Waals surface area contributed by atoms with Crippen molar-refractivity contribution in [3.05, 3.63) is 82.8 Å². The lowest BCUT2D eigenvalue weighted by Crippen LogP contribution is -2.27. The van der Waals surface area contributed by atoms with Crippen LogP contribution in [0, 0.1) is 0 Å². The van der Waals surface area contributed by atoms with Crippen LogP contribution in [0.25, 0.3) is 6.08 Å². The molecule has 0 aromatic heterocycles. The van der Waals surface area contributed by atoms with Gasteiger partial charge in [0, 0.05) is 18.3 Å². The SMILES string of the molecule is COc1cc(C2S/C(=C\c3ccccc3)C(=O)N2c2ccc(NC(C)=O)cc2)cc(OC)c1OC. The maximum absolute atomic E-state index is 13.7. The third kappa shape index (κ3) is 5.12. The Hall–Kier alpha value is -3.91. The minimum atomic E-state index is -0.377. The van der Waals surface area contributed by atoms with Gasteiger partial charge in [0.05, 0.1) is 26.2 Å². The van der Waals surface area contributed by atoms with Crippen LogP contribution in [0.1, 0.15) is 23.4 Å². The lowest BCUT2D eigenvalue weighted by molar-refractivity contribution is -0.115. The van der Waals surface area contributed by atoms with E-state index in [-0.39, 0.29) is 17.2 Å². The molecule has 8 heteroatoms. The second-order valence-corrected chi connectivity index (χ2v) is 8.87. The zero-order valence-corrected chi connectivity index (χ0v) is 20.7. The second-order valence-electron chi connectivity index (χ2n) is 7.75. The highest BCUT2D eigenvalue weighted by Gasteiger charge is 2.39. The number of carbonyl (C=O) groups is 2. The molecule has 0 aliphatic carbocycles. The van der Waals surface area contributed by atoms with Gasteiger partial charge in [-0.15, -0.1) is 0 Å². The van der Waals surface area contributed by atoms with E-state index in [1.807, 2.05) is 60.7 Å². The molecule has 1 saturated heterocycles. The van der Waals surface area contributed by atoms with Crippen molar-refractivity contribution < 1.29 is 23.8 Å². The van der Waals surface area contributed by atoms with Crippen molar-refractivity contribution in [1.29, 1.82) is 0 Å². The maximum Gasteiger partial charge on any atom is 0.266 e. The van der Waals surface area contributed by atoms with Crippen LogP contribution in [0.3, 0.4) is 0 Å². The van der Waals surface area contributed by atoms with Crippen LogP contribution in [-0.2, 0) is 9.59 Å². The fraction of sp³-hybridized carbons (Fsp3) is 0.185. The van der Waals surface area contributed by atoms with Crippen molar-refractivity contribution in [1.82, 2.24) is 0 Å². The molecule has 7 nitrogen and oxygen atoms in total. The number of thioether (sulfide) groups is 1. The molecule has 1 unspecified atom stereocenters. The van der Waals surface area contributed by atoms with Crippen LogP contribution in [0.15, 0.2) is 71.6 Å². The van der Waals surface area contributed by atoms with Gasteiger partial charge in [-0.2, -0.15) is 0 Å². The Bertz CT molecular complexity index is 1230. The van der Waals surface area contributed by atoms with Gasteiger partial charge in [-0.3, -0.25) is 14.5 Å². The van der Waals surface area contributed by atoms with Crippen LogP contribution in [-0.4, -0.2) is 33.1 Å². The smallest absolute Gasteiger partial charge is 0.266 e. The molecule has 4 rings (SSSR count). The Morgan fingerprint density at radius 1 is 0.943 bits per heavy atom. The topological polar surface area (TPSA) is 77.1 Å². The van der Waals surface area contributed by atoms with Crippen LogP contribution in [0.5, 0.6) is 17.2 Å². The number of hydrogen-bond acceptors (Lipinski definition) is 6. The highest BCUT2D eigenvalue weighted by atomic mass is 32.2. The number of benzene rings is 3. The fourth-order valence-corrected chi connectivity index (χ4v) is 5.11. The Kier molecular flexibility index (Phi) is 7.31. The summed E-state index contributed by atoms with van der Waals surface area (Å²) in [5.41, 5.74) is 3.12. The lowest BCUT2D eigenvalue weighted by atomic mass is 10.1. The average Bonchev–Trinajstić information content (AvgIpc) is 3.19. The van der Waals surface area contributed by atoms with Gasteiger partial charge >= 0.3 is 0 Å². The molecule has 0 radical (unpaired) electrons. The summed E-state index contributed by atoms with van der Waals surface area (Å²) < 4.78 is 16.6. The zero-order valence-electron chi connectivity index (χ0n) is 19.9. The molecule has 0 bridgehead atoms. The molecule has 3 aromatic rings. The van der Waals surface area contributed by atoms with Crippen molar-refractivity contribution >= 4 is 41.0 Å². The first kappa shape index (κ1) is 24.2. The largest absolute Gasteiger partial charge is 0.493 e. The molecular formula is C27H26N2O5S. The standard InChI is InChI=1S/C27H26N2O5S/c1-17(30)28-20-10-12-21(13-11-20)29-26(31)24(14-18-8-6-5-7-9-18)35-27(29)19-15-22(32-2)25(34-4)23(16-19)33-3/h5-16,27H,1-4H3,(H,28,30)/b24-14-. The summed E-state index contributed by atoms with van der Waals surface area (Å²) in [5.74, 6) is 1.23. The Balaban J connectivity index is 1.80. The van der Waals surface area contributed by atoms with Gasteiger partial charge in [-0.1, -0.05) is 42.1 Å². The van der Waals surface area contributed by atoms with Crippen molar-refractivity contribution in [2.75, 3.05) is 31.5 Å². The third-order valence-electron chi connectivity index (χ3n) is 5.44. The Morgan fingerprint density at radius 3 is 2.11 bits per heavy atom. The van der Waals surface area contributed by atoms with Crippen molar-refractivity contribution in [2.45, 2.75) is 12.3 Å². The van der Waals surface area contributed by atoms with Crippen LogP contribution in [0.2, 0.25) is 0 Å². The van der Waals surface area contributed by atoms with E-state index < -0.39 is 0 Å². The molecule has 180 valence electrons. The summed E-state index contributed by atoms with van der Waals surface area (Å²) in [4.78, 5) is 27.4. The summed E-state index contributed by atoms with van der Waals surface area (Å²) in [6.07, 6.45) is 1.89. The van der Waals surface area contributed by atoms with Gasteiger partial charge in [0.15, 0.2) is 11.5 Å². The van der Waals surface area contributed by atoms with Crippen molar-refractivity contribution in [3.63, 3.8) is 0 Å². The van der Waals surface area contributed by atoms with E-state index >= 15 is 0 Å². The van der Waals surface area contributed by atoms with Gasteiger partial charge in [0.1, 0.15) is 5.37 Å². The van der Waals surface area contributed by atoms with Crippen molar-refractivity contribution in [3.8, 4) is 17.2 Å². The molecule has 1 aliphatic rings. The molecule has 1 N–H and O–H groups in total. The molecule has 1 aliphatic heterocycles.